The second kappa shape index (κ2) is 7.06. The van der Waals surface area contributed by atoms with E-state index in [1.807, 2.05) is 5.32 Å². The number of carboxylic acids is 3. The first-order valence-electron chi connectivity index (χ1n) is 6.04. The Kier molecular flexibility index (Phi) is 6.36. The molecule has 120 valence electrons. The van der Waals surface area contributed by atoms with Gasteiger partial charge in [0, 0.05) is 8.07 Å². The van der Waals surface area contributed by atoms with Crippen molar-refractivity contribution in [1.29, 1.82) is 0 Å². The first-order chi connectivity index (χ1) is 9.43. The van der Waals surface area contributed by atoms with Crippen LogP contribution in [0.4, 0.5) is 4.79 Å². The molecular weight excluding hydrogens is 302 g/mol. The fourth-order valence-corrected chi connectivity index (χ4v) is 1.92. The highest BCUT2D eigenvalue weighted by molar-refractivity contribution is 6.76. The van der Waals surface area contributed by atoms with E-state index in [4.69, 9.17) is 20.1 Å². The molecule has 0 heterocycles. The summed E-state index contributed by atoms with van der Waals surface area (Å²) < 4.78 is 4.76. The Bertz CT molecular complexity index is 406. The SMILES string of the molecule is C[Si](C)(C)CCOC(=O)NCC(C(=O)O)(C(=O)O)C(=O)O. The van der Waals surface area contributed by atoms with Gasteiger partial charge in [0.2, 0.25) is 0 Å². The van der Waals surface area contributed by atoms with Crippen LogP contribution in [0.3, 0.4) is 0 Å². The number of rotatable bonds is 8. The molecule has 0 aromatic carbocycles. The summed E-state index contributed by atoms with van der Waals surface area (Å²) >= 11 is 0. The molecule has 1 amide bonds. The van der Waals surface area contributed by atoms with Gasteiger partial charge < -0.3 is 25.4 Å². The number of carbonyl (C=O) groups excluding carboxylic acids is 1. The Hall–Kier alpha value is -2.10. The van der Waals surface area contributed by atoms with Gasteiger partial charge in [-0.3, -0.25) is 14.4 Å². The molecular formula is C11H19NO8Si. The van der Waals surface area contributed by atoms with Crippen molar-refractivity contribution in [2.45, 2.75) is 25.7 Å². The maximum atomic E-state index is 11.3. The molecule has 0 aromatic heterocycles. The lowest BCUT2D eigenvalue weighted by Gasteiger charge is -2.20. The third-order valence-electron chi connectivity index (χ3n) is 2.68. The van der Waals surface area contributed by atoms with Gasteiger partial charge in [-0.15, -0.1) is 0 Å². The molecule has 0 spiro atoms. The zero-order valence-electron chi connectivity index (χ0n) is 12.0. The summed E-state index contributed by atoms with van der Waals surface area (Å²) in [4.78, 5) is 44.1. The largest absolute Gasteiger partial charge is 0.480 e. The summed E-state index contributed by atoms with van der Waals surface area (Å²) in [6.07, 6.45) is -1.05. The standard InChI is InChI=1S/C11H19NO8Si/c1-21(2,3)5-4-20-10(19)12-6-11(7(13)14,8(15)16)9(17)18/h4-6H2,1-3H3,(H,12,19)(H,13,14)(H,15,16)(H,17,18). The molecule has 4 N–H and O–H groups in total. The van der Waals surface area contributed by atoms with E-state index in [1.165, 1.54) is 0 Å². The average Bonchev–Trinajstić information content (AvgIpc) is 2.26. The van der Waals surface area contributed by atoms with Crippen LogP contribution in [0.1, 0.15) is 0 Å². The summed E-state index contributed by atoms with van der Waals surface area (Å²) in [5, 5.41) is 28.3. The van der Waals surface area contributed by atoms with Crippen molar-refractivity contribution in [1.82, 2.24) is 5.32 Å². The van der Waals surface area contributed by atoms with Gasteiger partial charge in [0.1, 0.15) is 0 Å². The minimum Gasteiger partial charge on any atom is -0.480 e. The molecule has 0 aromatic rings. The fraction of sp³-hybridized carbons (Fsp3) is 0.636. The molecule has 0 rings (SSSR count). The smallest absolute Gasteiger partial charge is 0.407 e. The van der Waals surface area contributed by atoms with Crippen molar-refractivity contribution in [2.24, 2.45) is 5.41 Å². The lowest BCUT2D eigenvalue weighted by Crippen LogP contribution is -2.54. The van der Waals surface area contributed by atoms with Gasteiger partial charge in [-0.05, 0) is 6.04 Å². The van der Waals surface area contributed by atoms with E-state index in [0.29, 0.717) is 6.04 Å². The predicted octanol–water partition coefficient (Wildman–Crippen LogP) is 0.291. The molecule has 10 heteroatoms. The number of ether oxygens (including phenoxy) is 1. The molecule has 0 aliphatic rings. The number of hydrogen-bond acceptors (Lipinski definition) is 5. The maximum absolute atomic E-state index is 11.3. The van der Waals surface area contributed by atoms with Gasteiger partial charge in [-0.25, -0.2) is 4.79 Å². The zero-order chi connectivity index (χ0) is 16.8. The molecule has 0 saturated heterocycles. The molecule has 0 radical (unpaired) electrons. The highest BCUT2D eigenvalue weighted by atomic mass is 28.3. The fourth-order valence-electron chi connectivity index (χ4n) is 1.21. The van der Waals surface area contributed by atoms with E-state index in [-0.39, 0.29) is 6.61 Å². The number of alkyl carbamates (subject to hydrolysis) is 1. The van der Waals surface area contributed by atoms with Gasteiger partial charge in [0.15, 0.2) is 0 Å². The molecule has 0 atom stereocenters. The quantitative estimate of drug-likeness (QED) is 0.368. The molecule has 21 heavy (non-hydrogen) atoms. The van der Waals surface area contributed by atoms with E-state index < -0.39 is 44.0 Å². The van der Waals surface area contributed by atoms with Crippen molar-refractivity contribution in [3.63, 3.8) is 0 Å². The van der Waals surface area contributed by atoms with Crippen molar-refractivity contribution in [3.05, 3.63) is 0 Å². The Balaban J connectivity index is 4.64. The molecule has 0 fully saturated rings. The molecule has 0 aliphatic heterocycles. The lowest BCUT2D eigenvalue weighted by molar-refractivity contribution is -0.174. The van der Waals surface area contributed by atoms with Gasteiger partial charge in [-0.2, -0.15) is 0 Å². The normalized spacial score (nSPS) is 11.6. The Morgan fingerprint density at radius 3 is 1.76 bits per heavy atom. The van der Waals surface area contributed by atoms with Crippen LogP contribution in [0, 0.1) is 5.41 Å². The summed E-state index contributed by atoms with van der Waals surface area (Å²) in [5.74, 6) is -6.24. The second-order valence-electron chi connectivity index (χ2n) is 5.62. The van der Waals surface area contributed by atoms with E-state index in [1.54, 1.807) is 0 Å². The van der Waals surface area contributed by atoms with Crippen LogP contribution in [0.25, 0.3) is 0 Å². The third kappa shape index (κ3) is 5.42. The van der Waals surface area contributed by atoms with Gasteiger partial charge in [0.25, 0.3) is 5.41 Å². The lowest BCUT2D eigenvalue weighted by atomic mass is 9.88. The first-order valence-corrected chi connectivity index (χ1v) is 9.75. The van der Waals surface area contributed by atoms with E-state index in [2.05, 4.69) is 19.6 Å². The van der Waals surface area contributed by atoms with Crippen molar-refractivity contribution < 1.29 is 39.2 Å². The Labute approximate surface area is 121 Å². The second-order valence-corrected chi connectivity index (χ2v) is 11.2. The summed E-state index contributed by atoms with van der Waals surface area (Å²) in [6.45, 7) is 5.15. The number of amides is 1. The van der Waals surface area contributed by atoms with Crippen molar-refractivity contribution >= 4 is 32.1 Å². The predicted molar refractivity (Wildman–Crippen MR) is 72.8 cm³/mol. The van der Waals surface area contributed by atoms with Gasteiger partial charge in [-0.1, -0.05) is 19.6 Å². The molecule has 0 aliphatic carbocycles. The topological polar surface area (TPSA) is 150 Å². The minimum atomic E-state index is -3.14. The van der Waals surface area contributed by atoms with Crippen LogP contribution in [0.15, 0.2) is 0 Å². The number of nitrogens with one attached hydrogen (secondary N) is 1. The average molecular weight is 321 g/mol. The van der Waals surface area contributed by atoms with E-state index >= 15 is 0 Å². The van der Waals surface area contributed by atoms with E-state index in [0.717, 1.165) is 0 Å². The Morgan fingerprint density at radius 1 is 1.00 bits per heavy atom. The Morgan fingerprint density at radius 2 is 1.43 bits per heavy atom. The van der Waals surface area contributed by atoms with Crippen LogP contribution in [0.5, 0.6) is 0 Å². The summed E-state index contributed by atoms with van der Waals surface area (Å²) in [7, 11) is -1.42. The van der Waals surface area contributed by atoms with Crippen LogP contribution >= 0.6 is 0 Å². The first kappa shape index (κ1) is 18.9. The molecule has 9 nitrogen and oxygen atoms in total. The number of carboxylic acid groups (broad SMARTS) is 3. The van der Waals surface area contributed by atoms with Gasteiger partial charge >= 0.3 is 24.0 Å². The number of aliphatic carboxylic acids is 3. The number of hydrogen-bond donors (Lipinski definition) is 4. The van der Waals surface area contributed by atoms with E-state index in [9.17, 15) is 19.2 Å². The van der Waals surface area contributed by atoms with Crippen molar-refractivity contribution in [3.8, 4) is 0 Å². The highest BCUT2D eigenvalue weighted by Gasteiger charge is 2.55. The summed E-state index contributed by atoms with van der Waals surface area (Å²) in [5.41, 5.74) is -3.14. The molecule has 0 saturated carbocycles. The van der Waals surface area contributed by atoms with Crippen LogP contribution in [0.2, 0.25) is 25.7 Å². The van der Waals surface area contributed by atoms with Crippen molar-refractivity contribution in [2.75, 3.05) is 13.2 Å². The van der Waals surface area contributed by atoms with Crippen LogP contribution in [-0.4, -0.2) is 60.5 Å². The van der Waals surface area contributed by atoms with Crippen LogP contribution in [-0.2, 0) is 19.1 Å². The molecule has 0 unspecified atom stereocenters. The van der Waals surface area contributed by atoms with Gasteiger partial charge in [0.05, 0.1) is 13.2 Å². The zero-order valence-corrected chi connectivity index (χ0v) is 13.0. The minimum absolute atomic E-state index is 0.0990. The van der Waals surface area contributed by atoms with Crippen LogP contribution < -0.4 is 5.32 Å². The monoisotopic (exact) mass is 321 g/mol. The number of carbonyl (C=O) groups is 4. The third-order valence-corrected chi connectivity index (χ3v) is 4.38. The maximum Gasteiger partial charge on any atom is 0.407 e. The molecule has 0 bridgehead atoms. The highest BCUT2D eigenvalue weighted by Crippen LogP contribution is 2.18. The summed E-state index contributed by atoms with van der Waals surface area (Å²) in [6, 6.07) is 0.669.